The van der Waals surface area contributed by atoms with Gasteiger partial charge in [-0.25, -0.2) is 17.4 Å². The van der Waals surface area contributed by atoms with Crippen LogP contribution < -0.4 is 0 Å². The standard InChI is InChI=1S/C13H10N2O3S/c16-19(17,11-5-2-1-3-6-11)15-9-8-14-13(15)12-7-4-10-18-12/h1-10H. The number of aromatic nitrogens is 2. The maximum atomic E-state index is 12.5. The number of rotatable bonds is 3. The Balaban J connectivity index is 2.17. The molecule has 0 radical (unpaired) electrons. The van der Waals surface area contributed by atoms with Crippen LogP contribution in [0.5, 0.6) is 0 Å². The van der Waals surface area contributed by atoms with Crippen molar-refractivity contribution >= 4 is 10.0 Å². The molecule has 5 nitrogen and oxygen atoms in total. The topological polar surface area (TPSA) is 65.1 Å². The van der Waals surface area contributed by atoms with E-state index in [1.165, 1.54) is 18.7 Å². The lowest BCUT2D eigenvalue weighted by Crippen LogP contribution is -2.13. The predicted molar refractivity (Wildman–Crippen MR) is 69.0 cm³/mol. The number of hydrogen-bond donors (Lipinski definition) is 0. The monoisotopic (exact) mass is 274 g/mol. The summed E-state index contributed by atoms with van der Waals surface area (Å²) in [5.41, 5.74) is 0. The molecular weight excluding hydrogens is 264 g/mol. The van der Waals surface area contributed by atoms with Crippen molar-refractivity contribution in [3.8, 4) is 11.6 Å². The zero-order valence-electron chi connectivity index (χ0n) is 9.80. The van der Waals surface area contributed by atoms with Gasteiger partial charge in [0.2, 0.25) is 0 Å². The van der Waals surface area contributed by atoms with Gasteiger partial charge < -0.3 is 4.42 Å². The van der Waals surface area contributed by atoms with Crippen LogP contribution in [0.2, 0.25) is 0 Å². The molecule has 0 amide bonds. The molecule has 0 N–H and O–H groups in total. The first-order chi connectivity index (χ1) is 9.19. The second kappa shape index (κ2) is 4.40. The van der Waals surface area contributed by atoms with Crippen molar-refractivity contribution in [2.75, 3.05) is 0 Å². The molecule has 2 aromatic heterocycles. The third kappa shape index (κ3) is 1.96. The number of imidazole rings is 1. The van der Waals surface area contributed by atoms with E-state index >= 15 is 0 Å². The molecule has 3 rings (SSSR count). The van der Waals surface area contributed by atoms with Gasteiger partial charge in [0.25, 0.3) is 10.0 Å². The molecular formula is C13H10N2O3S. The molecule has 3 aromatic rings. The highest BCUT2D eigenvalue weighted by molar-refractivity contribution is 7.90. The van der Waals surface area contributed by atoms with Gasteiger partial charge in [0.05, 0.1) is 11.2 Å². The average Bonchev–Trinajstić information content (AvgIpc) is 3.10. The van der Waals surface area contributed by atoms with Gasteiger partial charge in [-0.3, -0.25) is 0 Å². The van der Waals surface area contributed by atoms with E-state index in [0.717, 1.165) is 3.97 Å². The Labute approximate surface area is 110 Å². The first-order valence-corrected chi connectivity index (χ1v) is 7.01. The van der Waals surface area contributed by atoms with Gasteiger partial charge >= 0.3 is 0 Å². The Hall–Kier alpha value is -2.34. The lowest BCUT2D eigenvalue weighted by Gasteiger charge is -2.07. The summed E-state index contributed by atoms with van der Waals surface area (Å²) in [7, 11) is -3.66. The van der Waals surface area contributed by atoms with E-state index < -0.39 is 10.0 Å². The molecule has 0 saturated carbocycles. The summed E-state index contributed by atoms with van der Waals surface area (Å²) >= 11 is 0. The van der Waals surface area contributed by atoms with Crippen molar-refractivity contribution in [1.82, 2.24) is 8.96 Å². The van der Waals surface area contributed by atoms with Crippen molar-refractivity contribution in [3.05, 3.63) is 61.1 Å². The summed E-state index contributed by atoms with van der Waals surface area (Å²) < 4.78 is 31.3. The van der Waals surface area contributed by atoms with E-state index in [9.17, 15) is 8.42 Å². The van der Waals surface area contributed by atoms with Crippen LogP contribution in [0.15, 0.2) is 70.4 Å². The quantitative estimate of drug-likeness (QED) is 0.735. The summed E-state index contributed by atoms with van der Waals surface area (Å²) in [4.78, 5) is 4.25. The highest BCUT2D eigenvalue weighted by atomic mass is 32.2. The SMILES string of the molecule is O=S(=O)(c1ccccc1)n1ccnc1-c1ccco1. The third-order valence-corrected chi connectivity index (χ3v) is 4.33. The molecule has 0 atom stereocenters. The van der Waals surface area contributed by atoms with E-state index in [0.29, 0.717) is 5.76 Å². The van der Waals surface area contributed by atoms with Gasteiger partial charge in [-0.05, 0) is 24.3 Å². The number of benzene rings is 1. The second-order valence-electron chi connectivity index (χ2n) is 3.84. The summed E-state index contributed by atoms with van der Waals surface area (Å²) in [6.07, 6.45) is 4.31. The fourth-order valence-corrected chi connectivity index (χ4v) is 3.08. The largest absolute Gasteiger partial charge is 0.461 e. The van der Waals surface area contributed by atoms with Crippen molar-refractivity contribution in [2.45, 2.75) is 4.90 Å². The number of nitrogens with zero attached hydrogens (tertiary/aromatic N) is 2. The lowest BCUT2D eigenvalue weighted by molar-refractivity contribution is 0.569. The molecule has 0 spiro atoms. The van der Waals surface area contributed by atoms with Gasteiger partial charge in [-0.1, -0.05) is 18.2 Å². The average molecular weight is 274 g/mol. The van der Waals surface area contributed by atoms with E-state index in [-0.39, 0.29) is 10.7 Å². The van der Waals surface area contributed by atoms with Crippen molar-refractivity contribution in [2.24, 2.45) is 0 Å². The van der Waals surface area contributed by atoms with Crippen molar-refractivity contribution in [1.29, 1.82) is 0 Å². The van der Waals surface area contributed by atoms with Gasteiger partial charge in [-0.2, -0.15) is 0 Å². The maximum Gasteiger partial charge on any atom is 0.269 e. The fraction of sp³-hybridized carbons (Fsp3) is 0. The lowest BCUT2D eigenvalue weighted by atomic mass is 10.4. The Morgan fingerprint density at radius 2 is 1.84 bits per heavy atom. The van der Waals surface area contributed by atoms with Crippen LogP contribution in [-0.4, -0.2) is 17.4 Å². The Morgan fingerprint density at radius 1 is 1.05 bits per heavy atom. The predicted octanol–water partition coefficient (Wildman–Crippen LogP) is 2.38. The Morgan fingerprint density at radius 3 is 2.53 bits per heavy atom. The van der Waals surface area contributed by atoms with Crippen LogP contribution >= 0.6 is 0 Å². The van der Waals surface area contributed by atoms with Crippen molar-refractivity contribution < 1.29 is 12.8 Å². The van der Waals surface area contributed by atoms with E-state index in [1.807, 2.05) is 0 Å². The molecule has 19 heavy (non-hydrogen) atoms. The molecule has 0 aliphatic carbocycles. The summed E-state index contributed by atoms with van der Waals surface area (Å²) in [6, 6.07) is 11.6. The molecule has 0 aliphatic heterocycles. The Bertz CT molecular complexity index is 774. The number of furan rings is 1. The number of hydrogen-bond acceptors (Lipinski definition) is 4. The molecule has 0 fully saturated rings. The fourth-order valence-electron chi connectivity index (χ4n) is 1.77. The van der Waals surface area contributed by atoms with Gasteiger partial charge in [-0.15, -0.1) is 0 Å². The van der Waals surface area contributed by atoms with E-state index in [2.05, 4.69) is 4.98 Å². The Kier molecular flexibility index (Phi) is 2.72. The van der Waals surface area contributed by atoms with Gasteiger partial charge in [0.1, 0.15) is 0 Å². The maximum absolute atomic E-state index is 12.5. The van der Waals surface area contributed by atoms with Crippen LogP contribution in [0.25, 0.3) is 11.6 Å². The normalized spacial score (nSPS) is 11.6. The van der Waals surface area contributed by atoms with Crippen LogP contribution in [-0.2, 0) is 10.0 Å². The second-order valence-corrected chi connectivity index (χ2v) is 5.66. The third-order valence-electron chi connectivity index (χ3n) is 2.65. The zero-order chi connectivity index (χ0) is 13.3. The van der Waals surface area contributed by atoms with Crippen LogP contribution in [0, 0.1) is 0 Å². The molecule has 0 saturated heterocycles. The van der Waals surface area contributed by atoms with Crippen LogP contribution in [0.1, 0.15) is 0 Å². The minimum absolute atomic E-state index is 0.209. The summed E-state index contributed by atoms with van der Waals surface area (Å²) in [5, 5.41) is 0. The molecule has 2 heterocycles. The zero-order valence-corrected chi connectivity index (χ0v) is 10.6. The highest BCUT2D eigenvalue weighted by Crippen LogP contribution is 2.22. The van der Waals surface area contributed by atoms with Crippen LogP contribution in [0.4, 0.5) is 0 Å². The minimum atomic E-state index is -3.66. The highest BCUT2D eigenvalue weighted by Gasteiger charge is 2.21. The smallest absolute Gasteiger partial charge is 0.269 e. The molecule has 6 heteroatoms. The van der Waals surface area contributed by atoms with Crippen LogP contribution in [0.3, 0.4) is 0 Å². The van der Waals surface area contributed by atoms with E-state index in [4.69, 9.17) is 4.42 Å². The molecule has 0 bridgehead atoms. The van der Waals surface area contributed by atoms with Gasteiger partial charge in [0, 0.05) is 12.4 Å². The molecule has 96 valence electrons. The summed E-state index contributed by atoms with van der Waals surface area (Å²) in [5.74, 6) is 0.665. The molecule has 0 unspecified atom stereocenters. The minimum Gasteiger partial charge on any atom is -0.461 e. The van der Waals surface area contributed by atoms with Gasteiger partial charge in [0.15, 0.2) is 11.6 Å². The first-order valence-electron chi connectivity index (χ1n) is 5.57. The molecule has 1 aromatic carbocycles. The first kappa shape index (κ1) is 11.7. The van der Waals surface area contributed by atoms with E-state index in [1.54, 1.807) is 42.5 Å². The summed E-state index contributed by atoms with van der Waals surface area (Å²) in [6.45, 7) is 0. The molecule has 0 aliphatic rings. The van der Waals surface area contributed by atoms with Crippen molar-refractivity contribution in [3.63, 3.8) is 0 Å².